The van der Waals surface area contributed by atoms with Crippen LogP contribution in [-0.2, 0) is 6.54 Å². The van der Waals surface area contributed by atoms with Crippen LogP contribution in [0, 0.1) is 0 Å². The molecule has 16 heavy (non-hydrogen) atoms. The molecule has 1 aromatic rings. The lowest BCUT2D eigenvalue weighted by molar-refractivity contribution is 0.0871. The summed E-state index contributed by atoms with van der Waals surface area (Å²) in [6.07, 6.45) is 0. The molecule has 3 heteroatoms. The normalized spacial score (nSPS) is 14.4. The second kappa shape index (κ2) is 5.45. The van der Waals surface area contributed by atoms with Gasteiger partial charge in [-0.15, -0.1) is 0 Å². The summed E-state index contributed by atoms with van der Waals surface area (Å²) in [6.45, 7) is 6.45. The summed E-state index contributed by atoms with van der Waals surface area (Å²) in [5, 5.41) is 0. The van der Waals surface area contributed by atoms with Gasteiger partial charge < -0.3 is 0 Å². The van der Waals surface area contributed by atoms with E-state index in [1.54, 1.807) is 11.9 Å². The lowest BCUT2D eigenvalue weighted by atomic mass is 10.1. The van der Waals surface area contributed by atoms with Crippen LogP contribution in [-0.4, -0.2) is 23.7 Å². The van der Waals surface area contributed by atoms with Gasteiger partial charge in [0.2, 0.25) is 0 Å². The third-order valence-corrected chi connectivity index (χ3v) is 2.52. The maximum absolute atomic E-state index is 11.9. The Hall–Kier alpha value is -1.64. The van der Waals surface area contributed by atoms with E-state index in [4.69, 9.17) is 0 Å². The Balaban J connectivity index is 0.000000606. The predicted molar refractivity (Wildman–Crippen MR) is 66.7 cm³/mol. The fraction of sp³-hybridized carbons (Fsp3) is 0.385. The highest BCUT2D eigenvalue weighted by Gasteiger charge is 2.19. The number of nitrogens with zero attached hydrogens (tertiary/aromatic N) is 2. The Labute approximate surface area is 96.8 Å². The Morgan fingerprint density at radius 3 is 2.56 bits per heavy atom. The molecule has 0 unspecified atom stereocenters. The number of amides is 1. The molecule has 0 aromatic heterocycles. The van der Waals surface area contributed by atoms with E-state index in [1.807, 2.05) is 45.0 Å². The molecule has 1 heterocycles. The molecule has 2 rings (SSSR count). The van der Waals surface area contributed by atoms with Crippen molar-refractivity contribution >= 4 is 11.7 Å². The van der Waals surface area contributed by atoms with Crippen molar-refractivity contribution < 1.29 is 4.79 Å². The molecule has 0 aliphatic carbocycles. The van der Waals surface area contributed by atoms with Gasteiger partial charge in [0, 0.05) is 12.6 Å². The molecule has 1 aliphatic heterocycles. The van der Waals surface area contributed by atoms with Crippen LogP contribution in [0.5, 0.6) is 0 Å². The predicted octanol–water partition coefficient (Wildman–Crippen LogP) is 2.72. The van der Waals surface area contributed by atoms with Gasteiger partial charge in [0.25, 0.3) is 5.91 Å². The van der Waals surface area contributed by atoms with Crippen LogP contribution in [0.3, 0.4) is 0 Å². The zero-order valence-corrected chi connectivity index (χ0v) is 10.3. The molecule has 0 fully saturated rings. The van der Waals surface area contributed by atoms with Crippen molar-refractivity contribution in [2.45, 2.75) is 27.3 Å². The minimum atomic E-state index is 0.0272. The first-order valence-corrected chi connectivity index (χ1v) is 5.57. The molecule has 0 saturated carbocycles. The van der Waals surface area contributed by atoms with Gasteiger partial charge in [-0.05, 0) is 18.6 Å². The number of rotatable bonds is 0. The minimum absolute atomic E-state index is 0.0272. The van der Waals surface area contributed by atoms with Crippen molar-refractivity contribution in [3.05, 3.63) is 35.4 Å². The van der Waals surface area contributed by atoms with Crippen molar-refractivity contribution in [2.24, 2.45) is 4.99 Å². The SMILES string of the molecule is CC.CC1=NCc2ccccc2C(=O)N1C. The maximum Gasteiger partial charge on any atom is 0.259 e. The Morgan fingerprint density at radius 1 is 1.25 bits per heavy atom. The number of carbonyl (C=O) groups excluding carboxylic acids is 1. The van der Waals surface area contributed by atoms with Crippen molar-refractivity contribution in [3.8, 4) is 0 Å². The number of benzene rings is 1. The van der Waals surface area contributed by atoms with E-state index in [1.165, 1.54) is 0 Å². The van der Waals surface area contributed by atoms with Crippen LogP contribution in [0.4, 0.5) is 0 Å². The molecular formula is C13H18N2O. The molecule has 1 amide bonds. The van der Waals surface area contributed by atoms with Gasteiger partial charge in [-0.1, -0.05) is 32.0 Å². The number of carbonyl (C=O) groups is 1. The summed E-state index contributed by atoms with van der Waals surface area (Å²) in [4.78, 5) is 17.8. The number of hydrogen-bond acceptors (Lipinski definition) is 2. The molecule has 0 bridgehead atoms. The van der Waals surface area contributed by atoms with Crippen LogP contribution >= 0.6 is 0 Å². The third kappa shape index (κ3) is 2.30. The highest BCUT2D eigenvalue weighted by Crippen LogP contribution is 2.16. The highest BCUT2D eigenvalue weighted by atomic mass is 16.2. The van der Waals surface area contributed by atoms with Gasteiger partial charge in [0.05, 0.1) is 6.54 Å². The van der Waals surface area contributed by atoms with E-state index in [0.717, 1.165) is 17.0 Å². The average molecular weight is 218 g/mol. The van der Waals surface area contributed by atoms with Crippen molar-refractivity contribution in [1.82, 2.24) is 4.90 Å². The van der Waals surface area contributed by atoms with Crippen LogP contribution in [0.25, 0.3) is 0 Å². The van der Waals surface area contributed by atoms with Crippen LogP contribution in [0.2, 0.25) is 0 Å². The maximum atomic E-state index is 11.9. The Bertz CT molecular complexity index is 410. The van der Waals surface area contributed by atoms with Gasteiger partial charge in [-0.3, -0.25) is 14.7 Å². The van der Waals surface area contributed by atoms with Gasteiger partial charge in [-0.25, -0.2) is 0 Å². The first-order valence-electron chi connectivity index (χ1n) is 5.57. The quantitative estimate of drug-likeness (QED) is 0.659. The molecule has 0 saturated heterocycles. The summed E-state index contributed by atoms with van der Waals surface area (Å²) >= 11 is 0. The first kappa shape index (κ1) is 12.4. The number of amidine groups is 1. The molecule has 86 valence electrons. The summed E-state index contributed by atoms with van der Waals surface area (Å²) in [6, 6.07) is 7.61. The van der Waals surface area contributed by atoms with Crippen LogP contribution < -0.4 is 0 Å². The van der Waals surface area contributed by atoms with Gasteiger partial charge in [0.1, 0.15) is 5.84 Å². The van der Waals surface area contributed by atoms with Crippen LogP contribution in [0.1, 0.15) is 36.7 Å². The average Bonchev–Trinajstić information content (AvgIpc) is 2.46. The summed E-state index contributed by atoms with van der Waals surface area (Å²) in [5.74, 6) is 0.797. The third-order valence-electron chi connectivity index (χ3n) is 2.52. The summed E-state index contributed by atoms with van der Waals surface area (Å²) < 4.78 is 0. The lowest BCUT2D eigenvalue weighted by Crippen LogP contribution is -2.30. The van der Waals surface area contributed by atoms with E-state index in [-0.39, 0.29) is 5.91 Å². The zero-order chi connectivity index (χ0) is 12.1. The molecular weight excluding hydrogens is 200 g/mol. The molecule has 0 radical (unpaired) electrons. The van der Waals surface area contributed by atoms with Gasteiger partial charge in [-0.2, -0.15) is 0 Å². The topological polar surface area (TPSA) is 32.7 Å². The number of aliphatic imine (C=N–C) groups is 1. The first-order chi connectivity index (χ1) is 7.70. The number of fused-ring (bicyclic) bond motifs is 1. The van der Waals surface area contributed by atoms with E-state index in [9.17, 15) is 4.79 Å². The van der Waals surface area contributed by atoms with E-state index < -0.39 is 0 Å². The van der Waals surface area contributed by atoms with Crippen molar-refractivity contribution in [1.29, 1.82) is 0 Å². The molecule has 1 aliphatic rings. The molecule has 0 spiro atoms. The smallest absolute Gasteiger partial charge is 0.259 e. The molecule has 0 N–H and O–H groups in total. The van der Waals surface area contributed by atoms with Crippen molar-refractivity contribution in [3.63, 3.8) is 0 Å². The zero-order valence-electron chi connectivity index (χ0n) is 10.3. The second-order valence-electron chi connectivity index (χ2n) is 3.38. The van der Waals surface area contributed by atoms with Crippen LogP contribution in [0.15, 0.2) is 29.3 Å². The molecule has 1 aromatic carbocycles. The van der Waals surface area contributed by atoms with Gasteiger partial charge >= 0.3 is 0 Å². The minimum Gasteiger partial charge on any atom is -0.300 e. The van der Waals surface area contributed by atoms with E-state index >= 15 is 0 Å². The lowest BCUT2D eigenvalue weighted by Gasteiger charge is -2.14. The van der Waals surface area contributed by atoms with Crippen molar-refractivity contribution in [2.75, 3.05) is 7.05 Å². The Kier molecular flexibility index (Phi) is 4.23. The van der Waals surface area contributed by atoms with Gasteiger partial charge in [0.15, 0.2) is 0 Å². The summed E-state index contributed by atoms with van der Waals surface area (Å²) in [7, 11) is 1.75. The highest BCUT2D eigenvalue weighted by molar-refractivity contribution is 6.07. The monoisotopic (exact) mass is 218 g/mol. The second-order valence-corrected chi connectivity index (χ2v) is 3.38. The standard InChI is InChI=1S/C11H12N2O.C2H6/c1-8-12-7-9-5-3-4-6-10(9)11(14)13(8)2;1-2/h3-6H,7H2,1-2H3;1-2H3. The fourth-order valence-electron chi connectivity index (χ4n) is 1.50. The molecule has 3 nitrogen and oxygen atoms in total. The number of hydrogen-bond donors (Lipinski definition) is 0. The largest absolute Gasteiger partial charge is 0.300 e. The van der Waals surface area contributed by atoms with E-state index in [2.05, 4.69) is 4.99 Å². The van der Waals surface area contributed by atoms with E-state index in [0.29, 0.717) is 6.54 Å². The Morgan fingerprint density at radius 2 is 1.88 bits per heavy atom. The summed E-state index contributed by atoms with van der Waals surface area (Å²) in [5.41, 5.74) is 1.76. The molecule has 0 atom stereocenters. The fourth-order valence-corrected chi connectivity index (χ4v) is 1.50.